The number of amides is 2. The van der Waals surface area contributed by atoms with Gasteiger partial charge in [-0.25, -0.2) is 0 Å². The van der Waals surface area contributed by atoms with Crippen molar-refractivity contribution in [2.75, 3.05) is 39.3 Å². The van der Waals surface area contributed by atoms with E-state index in [0.717, 1.165) is 19.6 Å². The molecule has 1 saturated heterocycles. The van der Waals surface area contributed by atoms with E-state index < -0.39 is 11.5 Å². The molecular weight excluding hydrogens is 366 g/mol. The standard InChI is InChI=1S/C20H30ClN3O3/c1-15(22-19(26)20(2,3)4)18(25)24-11-9-23(10-12-24)13-14-27-17-8-6-5-7-16(17)21/h5-8,15H,9-14H2,1-4H3,(H,22,26). The summed E-state index contributed by atoms with van der Waals surface area (Å²) in [5, 5.41) is 3.42. The molecule has 1 fully saturated rings. The van der Waals surface area contributed by atoms with Crippen molar-refractivity contribution in [3.8, 4) is 5.75 Å². The molecule has 1 N–H and O–H groups in total. The minimum Gasteiger partial charge on any atom is -0.491 e. The summed E-state index contributed by atoms with van der Waals surface area (Å²) in [6.45, 7) is 11.5. The third kappa shape index (κ3) is 6.40. The average Bonchev–Trinajstić information content (AvgIpc) is 2.62. The molecule has 0 spiro atoms. The summed E-state index contributed by atoms with van der Waals surface area (Å²) in [6.07, 6.45) is 0. The fraction of sp³-hybridized carbons (Fsp3) is 0.600. The fourth-order valence-electron chi connectivity index (χ4n) is 2.79. The predicted octanol–water partition coefficient (Wildman–Crippen LogP) is 2.41. The lowest BCUT2D eigenvalue weighted by atomic mass is 9.95. The number of rotatable bonds is 6. The Balaban J connectivity index is 1.72. The highest BCUT2D eigenvalue weighted by molar-refractivity contribution is 6.32. The van der Waals surface area contributed by atoms with E-state index in [2.05, 4.69) is 10.2 Å². The third-order valence-corrected chi connectivity index (χ3v) is 4.90. The summed E-state index contributed by atoms with van der Waals surface area (Å²) < 4.78 is 5.73. The van der Waals surface area contributed by atoms with Crippen molar-refractivity contribution in [1.29, 1.82) is 0 Å². The molecule has 2 amide bonds. The van der Waals surface area contributed by atoms with E-state index in [1.807, 2.05) is 43.9 Å². The van der Waals surface area contributed by atoms with Crippen LogP contribution in [0.3, 0.4) is 0 Å². The Labute approximate surface area is 166 Å². The number of nitrogens with zero attached hydrogens (tertiary/aromatic N) is 2. The number of hydrogen-bond donors (Lipinski definition) is 1. The van der Waals surface area contributed by atoms with Crippen LogP contribution in [-0.2, 0) is 9.59 Å². The molecule has 0 saturated carbocycles. The van der Waals surface area contributed by atoms with Crippen molar-refractivity contribution in [3.63, 3.8) is 0 Å². The van der Waals surface area contributed by atoms with Gasteiger partial charge in [0.25, 0.3) is 0 Å². The first-order chi connectivity index (χ1) is 12.7. The van der Waals surface area contributed by atoms with E-state index in [9.17, 15) is 9.59 Å². The van der Waals surface area contributed by atoms with Crippen molar-refractivity contribution in [2.24, 2.45) is 5.41 Å². The van der Waals surface area contributed by atoms with E-state index in [4.69, 9.17) is 16.3 Å². The van der Waals surface area contributed by atoms with E-state index >= 15 is 0 Å². The van der Waals surface area contributed by atoms with Crippen LogP contribution in [0.2, 0.25) is 5.02 Å². The number of ether oxygens (including phenoxy) is 1. The summed E-state index contributed by atoms with van der Waals surface area (Å²) >= 11 is 6.08. The van der Waals surface area contributed by atoms with Crippen molar-refractivity contribution in [3.05, 3.63) is 29.3 Å². The van der Waals surface area contributed by atoms with Gasteiger partial charge in [0.15, 0.2) is 0 Å². The van der Waals surface area contributed by atoms with Crippen LogP contribution < -0.4 is 10.1 Å². The zero-order valence-corrected chi connectivity index (χ0v) is 17.4. The molecule has 1 atom stereocenters. The summed E-state index contributed by atoms with van der Waals surface area (Å²) in [5.41, 5.74) is -0.505. The van der Waals surface area contributed by atoms with Crippen LogP contribution >= 0.6 is 11.6 Å². The zero-order valence-electron chi connectivity index (χ0n) is 16.6. The van der Waals surface area contributed by atoms with Gasteiger partial charge < -0.3 is 15.0 Å². The smallest absolute Gasteiger partial charge is 0.244 e. The van der Waals surface area contributed by atoms with Gasteiger partial charge in [-0.2, -0.15) is 0 Å². The Morgan fingerprint density at radius 2 is 1.81 bits per heavy atom. The molecule has 1 aromatic rings. The minimum absolute atomic E-state index is 0.0282. The van der Waals surface area contributed by atoms with Crippen molar-refractivity contribution >= 4 is 23.4 Å². The average molecular weight is 396 g/mol. The summed E-state index contributed by atoms with van der Waals surface area (Å²) in [4.78, 5) is 28.7. The molecule has 6 nitrogen and oxygen atoms in total. The molecule has 7 heteroatoms. The highest BCUT2D eigenvalue weighted by Gasteiger charge is 2.29. The monoisotopic (exact) mass is 395 g/mol. The number of piperazine rings is 1. The molecule has 0 aliphatic carbocycles. The zero-order chi connectivity index (χ0) is 20.0. The second-order valence-corrected chi connectivity index (χ2v) is 8.30. The molecule has 0 aromatic heterocycles. The molecule has 1 aromatic carbocycles. The lowest BCUT2D eigenvalue weighted by molar-refractivity contribution is -0.139. The van der Waals surface area contributed by atoms with Crippen LogP contribution in [0.15, 0.2) is 24.3 Å². The van der Waals surface area contributed by atoms with Gasteiger partial charge in [-0.15, -0.1) is 0 Å². The molecule has 0 radical (unpaired) electrons. The normalized spacial score (nSPS) is 16.7. The molecule has 1 heterocycles. The highest BCUT2D eigenvalue weighted by atomic mass is 35.5. The maximum atomic E-state index is 12.6. The number of hydrogen-bond acceptors (Lipinski definition) is 4. The molecule has 150 valence electrons. The number of carbonyl (C=O) groups excluding carboxylic acids is 2. The Kier molecular flexibility index (Phi) is 7.50. The molecule has 2 rings (SSSR count). The van der Waals surface area contributed by atoms with Crippen LogP contribution in [0, 0.1) is 5.41 Å². The van der Waals surface area contributed by atoms with Gasteiger partial charge in [0.1, 0.15) is 18.4 Å². The Hall–Kier alpha value is -1.79. The highest BCUT2D eigenvalue weighted by Crippen LogP contribution is 2.23. The van der Waals surface area contributed by atoms with Gasteiger partial charge in [-0.05, 0) is 19.1 Å². The number of nitrogens with one attached hydrogen (secondary N) is 1. The Morgan fingerprint density at radius 3 is 2.41 bits per heavy atom. The first-order valence-corrected chi connectivity index (χ1v) is 9.75. The van der Waals surface area contributed by atoms with Crippen molar-refractivity contribution < 1.29 is 14.3 Å². The molecule has 1 aliphatic rings. The quantitative estimate of drug-likeness (QED) is 0.803. The summed E-state index contributed by atoms with van der Waals surface area (Å²) in [7, 11) is 0. The number of halogens is 1. The van der Waals surface area contributed by atoms with Crippen molar-refractivity contribution in [2.45, 2.75) is 33.7 Å². The van der Waals surface area contributed by atoms with E-state index in [0.29, 0.717) is 30.5 Å². The predicted molar refractivity (Wildman–Crippen MR) is 107 cm³/mol. The van der Waals surface area contributed by atoms with Gasteiger partial charge in [-0.1, -0.05) is 44.5 Å². The van der Waals surface area contributed by atoms with Crippen LogP contribution in [0.5, 0.6) is 5.75 Å². The third-order valence-electron chi connectivity index (χ3n) is 4.58. The molecule has 0 bridgehead atoms. The number of benzene rings is 1. The van der Waals surface area contributed by atoms with Crippen LogP contribution in [0.1, 0.15) is 27.7 Å². The maximum absolute atomic E-state index is 12.6. The van der Waals surface area contributed by atoms with E-state index in [1.165, 1.54) is 0 Å². The van der Waals surface area contributed by atoms with Gasteiger partial charge in [0.05, 0.1) is 5.02 Å². The molecular formula is C20H30ClN3O3. The van der Waals surface area contributed by atoms with Crippen molar-refractivity contribution in [1.82, 2.24) is 15.1 Å². The first-order valence-electron chi connectivity index (χ1n) is 9.38. The van der Waals surface area contributed by atoms with Crippen LogP contribution in [0.25, 0.3) is 0 Å². The molecule has 1 unspecified atom stereocenters. The van der Waals surface area contributed by atoms with E-state index in [-0.39, 0.29) is 11.8 Å². The largest absolute Gasteiger partial charge is 0.491 e. The number of para-hydroxylation sites is 1. The summed E-state index contributed by atoms with van der Waals surface area (Å²) in [5.74, 6) is 0.551. The van der Waals surface area contributed by atoms with Gasteiger partial charge >= 0.3 is 0 Å². The van der Waals surface area contributed by atoms with Gasteiger partial charge in [0, 0.05) is 38.1 Å². The first kappa shape index (κ1) is 21.5. The second-order valence-electron chi connectivity index (χ2n) is 7.89. The SMILES string of the molecule is CC(NC(=O)C(C)(C)C)C(=O)N1CCN(CCOc2ccccc2Cl)CC1. The molecule has 27 heavy (non-hydrogen) atoms. The number of carbonyl (C=O) groups is 2. The fourth-order valence-corrected chi connectivity index (χ4v) is 2.98. The van der Waals surface area contributed by atoms with Gasteiger partial charge in [0.2, 0.25) is 11.8 Å². The summed E-state index contributed by atoms with van der Waals surface area (Å²) in [6, 6.07) is 6.92. The molecule has 1 aliphatic heterocycles. The lowest BCUT2D eigenvalue weighted by Gasteiger charge is -2.36. The Morgan fingerprint density at radius 1 is 1.19 bits per heavy atom. The Bertz CT molecular complexity index is 652. The topological polar surface area (TPSA) is 61.9 Å². The van der Waals surface area contributed by atoms with Crippen LogP contribution in [0.4, 0.5) is 0 Å². The van der Waals surface area contributed by atoms with Gasteiger partial charge in [-0.3, -0.25) is 14.5 Å². The van der Waals surface area contributed by atoms with Crippen LogP contribution in [-0.4, -0.2) is 67.0 Å². The second kappa shape index (κ2) is 9.42. The lowest BCUT2D eigenvalue weighted by Crippen LogP contribution is -2.55. The maximum Gasteiger partial charge on any atom is 0.244 e. The van der Waals surface area contributed by atoms with E-state index in [1.54, 1.807) is 13.0 Å². The minimum atomic E-state index is -0.508.